The van der Waals surface area contributed by atoms with E-state index >= 15 is 0 Å². The number of carbonyl (C=O) groups is 2. The second-order valence-corrected chi connectivity index (χ2v) is 5.87. The van der Waals surface area contributed by atoms with Crippen LogP contribution in [0.4, 0.5) is 5.69 Å². The van der Waals surface area contributed by atoms with Crippen LogP contribution in [0.2, 0.25) is 0 Å². The Bertz CT molecular complexity index is 557. The van der Waals surface area contributed by atoms with Crippen molar-refractivity contribution in [1.29, 1.82) is 0 Å². The summed E-state index contributed by atoms with van der Waals surface area (Å²) in [5, 5.41) is 5.96. The maximum atomic E-state index is 12.3. The molecule has 1 aliphatic rings. The normalized spacial score (nSPS) is 17.9. The van der Waals surface area contributed by atoms with E-state index in [1.54, 1.807) is 4.90 Å². The summed E-state index contributed by atoms with van der Waals surface area (Å²) in [6, 6.07) is 5.94. The van der Waals surface area contributed by atoms with Crippen molar-refractivity contribution in [2.45, 2.75) is 26.7 Å². The Balaban J connectivity index is 1.98. The minimum Gasteiger partial charge on any atom is -0.356 e. The zero-order valence-electron chi connectivity index (χ0n) is 13.6. The molecule has 1 unspecified atom stereocenters. The molecule has 1 aliphatic heterocycles. The van der Waals surface area contributed by atoms with Gasteiger partial charge < -0.3 is 15.5 Å². The van der Waals surface area contributed by atoms with E-state index in [4.69, 9.17) is 0 Å². The van der Waals surface area contributed by atoms with E-state index < -0.39 is 0 Å². The minimum absolute atomic E-state index is 0.0164. The molecule has 2 rings (SSSR count). The van der Waals surface area contributed by atoms with Crippen LogP contribution in [0.3, 0.4) is 0 Å². The summed E-state index contributed by atoms with van der Waals surface area (Å²) in [6.45, 7) is 6.04. The molecule has 1 atom stereocenters. The van der Waals surface area contributed by atoms with Gasteiger partial charge in [-0.3, -0.25) is 9.59 Å². The lowest BCUT2D eigenvalue weighted by Crippen LogP contribution is -2.34. The zero-order valence-corrected chi connectivity index (χ0v) is 13.6. The van der Waals surface area contributed by atoms with Gasteiger partial charge in [-0.15, -0.1) is 0 Å². The van der Waals surface area contributed by atoms with E-state index in [9.17, 15) is 9.59 Å². The quantitative estimate of drug-likeness (QED) is 0.781. The summed E-state index contributed by atoms with van der Waals surface area (Å²) in [5.41, 5.74) is 3.19. The van der Waals surface area contributed by atoms with Crippen molar-refractivity contribution in [2.24, 2.45) is 5.92 Å². The number of hydrogen-bond donors (Lipinski definition) is 2. The summed E-state index contributed by atoms with van der Waals surface area (Å²) in [6.07, 6.45) is 1.19. The molecule has 1 heterocycles. The summed E-state index contributed by atoms with van der Waals surface area (Å²) >= 11 is 0. The molecule has 1 fully saturated rings. The molecule has 5 heteroatoms. The smallest absolute Gasteiger partial charge is 0.227 e. The lowest BCUT2D eigenvalue weighted by atomic mass is 10.1. The van der Waals surface area contributed by atoms with Gasteiger partial charge in [0.25, 0.3) is 0 Å². The largest absolute Gasteiger partial charge is 0.356 e. The van der Waals surface area contributed by atoms with Crippen LogP contribution in [0.15, 0.2) is 18.2 Å². The molecule has 1 aromatic carbocycles. The van der Waals surface area contributed by atoms with Crippen molar-refractivity contribution in [3.63, 3.8) is 0 Å². The van der Waals surface area contributed by atoms with Crippen molar-refractivity contribution in [1.82, 2.24) is 10.6 Å². The van der Waals surface area contributed by atoms with Gasteiger partial charge >= 0.3 is 0 Å². The standard InChI is InChI=1S/C17H25N3O2/c1-12-6-4-7-15(13(12)2)20-11-14(10-16(20)21)17(22)19-9-5-8-18-3/h4,6-7,14,18H,5,8-11H2,1-3H3,(H,19,22). The van der Waals surface area contributed by atoms with Gasteiger partial charge in [0.15, 0.2) is 0 Å². The van der Waals surface area contributed by atoms with Crippen LogP contribution in [-0.4, -0.2) is 38.5 Å². The van der Waals surface area contributed by atoms with Gasteiger partial charge in [0.05, 0.1) is 5.92 Å². The third-order valence-corrected chi connectivity index (χ3v) is 4.27. The molecule has 120 valence electrons. The summed E-state index contributed by atoms with van der Waals surface area (Å²) in [7, 11) is 1.89. The molecule has 0 bridgehead atoms. The minimum atomic E-state index is -0.248. The highest BCUT2D eigenvalue weighted by Crippen LogP contribution is 2.29. The Kier molecular flexibility index (Phi) is 5.55. The van der Waals surface area contributed by atoms with Gasteiger partial charge in [0.1, 0.15) is 0 Å². The Morgan fingerprint density at radius 3 is 2.82 bits per heavy atom. The second-order valence-electron chi connectivity index (χ2n) is 5.87. The fraction of sp³-hybridized carbons (Fsp3) is 0.529. The van der Waals surface area contributed by atoms with Crippen LogP contribution >= 0.6 is 0 Å². The number of amides is 2. The predicted molar refractivity (Wildman–Crippen MR) is 87.9 cm³/mol. The number of benzene rings is 1. The molecule has 2 N–H and O–H groups in total. The van der Waals surface area contributed by atoms with E-state index in [1.807, 2.05) is 39.1 Å². The van der Waals surface area contributed by atoms with Gasteiger partial charge in [0, 0.05) is 25.2 Å². The molecule has 0 radical (unpaired) electrons. The lowest BCUT2D eigenvalue weighted by Gasteiger charge is -2.20. The molecule has 0 saturated carbocycles. The van der Waals surface area contributed by atoms with Gasteiger partial charge in [-0.05, 0) is 51.1 Å². The molecule has 1 aromatic rings. The first-order chi connectivity index (χ1) is 10.5. The summed E-state index contributed by atoms with van der Waals surface area (Å²) in [5.74, 6) is -0.233. The van der Waals surface area contributed by atoms with E-state index in [1.165, 1.54) is 0 Å². The maximum absolute atomic E-state index is 12.3. The van der Waals surface area contributed by atoms with Crippen molar-refractivity contribution < 1.29 is 9.59 Å². The monoisotopic (exact) mass is 303 g/mol. The Labute approximate surface area is 132 Å². The predicted octanol–water partition coefficient (Wildman–Crippen LogP) is 1.38. The molecule has 22 heavy (non-hydrogen) atoms. The third-order valence-electron chi connectivity index (χ3n) is 4.27. The number of nitrogens with zero attached hydrogens (tertiary/aromatic N) is 1. The van der Waals surface area contributed by atoms with Crippen LogP contribution in [0.1, 0.15) is 24.0 Å². The first kappa shape index (κ1) is 16.5. The fourth-order valence-corrected chi connectivity index (χ4v) is 2.77. The van der Waals surface area contributed by atoms with Crippen LogP contribution < -0.4 is 15.5 Å². The fourth-order valence-electron chi connectivity index (χ4n) is 2.77. The summed E-state index contributed by atoms with van der Waals surface area (Å²) in [4.78, 5) is 26.2. The second kappa shape index (κ2) is 7.40. The Morgan fingerprint density at radius 1 is 1.32 bits per heavy atom. The molecular formula is C17H25N3O2. The third kappa shape index (κ3) is 3.65. The zero-order chi connectivity index (χ0) is 16.1. The number of nitrogens with one attached hydrogen (secondary N) is 2. The molecule has 0 aliphatic carbocycles. The highest BCUT2D eigenvalue weighted by atomic mass is 16.2. The Hall–Kier alpha value is -1.88. The SMILES string of the molecule is CNCCCNC(=O)C1CC(=O)N(c2cccc(C)c2C)C1. The molecule has 5 nitrogen and oxygen atoms in total. The van der Waals surface area contributed by atoms with Crippen molar-refractivity contribution in [3.05, 3.63) is 29.3 Å². The number of hydrogen-bond acceptors (Lipinski definition) is 3. The first-order valence-corrected chi connectivity index (χ1v) is 7.83. The average molecular weight is 303 g/mol. The number of rotatable bonds is 6. The van der Waals surface area contributed by atoms with E-state index in [0.717, 1.165) is 29.8 Å². The molecule has 0 aromatic heterocycles. The van der Waals surface area contributed by atoms with Crippen molar-refractivity contribution in [2.75, 3.05) is 31.6 Å². The average Bonchev–Trinajstić information content (AvgIpc) is 2.88. The van der Waals surface area contributed by atoms with Crippen LogP contribution in [0.25, 0.3) is 0 Å². The van der Waals surface area contributed by atoms with Crippen molar-refractivity contribution >= 4 is 17.5 Å². The molecule has 1 saturated heterocycles. The highest BCUT2D eigenvalue weighted by Gasteiger charge is 2.35. The highest BCUT2D eigenvalue weighted by molar-refractivity contribution is 6.00. The lowest BCUT2D eigenvalue weighted by molar-refractivity contribution is -0.126. The van der Waals surface area contributed by atoms with Crippen LogP contribution in [0, 0.1) is 19.8 Å². The molecule has 0 spiro atoms. The van der Waals surface area contributed by atoms with Crippen LogP contribution in [-0.2, 0) is 9.59 Å². The van der Waals surface area contributed by atoms with E-state index in [0.29, 0.717) is 19.5 Å². The van der Waals surface area contributed by atoms with Gasteiger partial charge in [0.2, 0.25) is 11.8 Å². The van der Waals surface area contributed by atoms with Crippen molar-refractivity contribution in [3.8, 4) is 0 Å². The number of aryl methyl sites for hydroxylation is 1. The first-order valence-electron chi connectivity index (χ1n) is 7.83. The molecule has 2 amide bonds. The Morgan fingerprint density at radius 2 is 2.09 bits per heavy atom. The molecular weight excluding hydrogens is 278 g/mol. The van der Waals surface area contributed by atoms with Gasteiger partial charge in [-0.1, -0.05) is 12.1 Å². The topological polar surface area (TPSA) is 61.4 Å². The van der Waals surface area contributed by atoms with E-state index in [-0.39, 0.29) is 17.7 Å². The maximum Gasteiger partial charge on any atom is 0.227 e. The van der Waals surface area contributed by atoms with E-state index in [2.05, 4.69) is 10.6 Å². The van der Waals surface area contributed by atoms with Crippen LogP contribution in [0.5, 0.6) is 0 Å². The van der Waals surface area contributed by atoms with Gasteiger partial charge in [-0.25, -0.2) is 0 Å². The van der Waals surface area contributed by atoms with Gasteiger partial charge in [-0.2, -0.15) is 0 Å². The number of carbonyl (C=O) groups excluding carboxylic acids is 2. The number of anilines is 1. The summed E-state index contributed by atoms with van der Waals surface area (Å²) < 4.78 is 0.